The quantitative estimate of drug-likeness (QED) is 0.904. The van der Waals surface area contributed by atoms with E-state index in [2.05, 4.69) is 41.4 Å². The standard InChI is InChI=1S/C12H17N3S2/c1-8(12-9(2)15-10(3)17-12)13-5-4-11-6-16-7-14-11/h6-8,13H,4-5H2,1-3H3. The summed E-state index contributed by atoms with van der Waals surface area (Å²) in [5.74, 6) is 0. The highest BCUT2D eigenvalue weighted by atomic mass is 32.1. The zero-order valence-electron chi connectivity index (χ0n) is 10.4. The molecule has 0 spiro atoms. The van der Waals surface area contributed by atoms with Crippen LogP contribution in [-0.4, -0.2) is 16.5 Å². The Balaban J connectivity index is 1.85. The molecule has 0 radical (unpaired) electrons. The molecule has 0 aliphatic heterocycles. The Kier molecular flexibility index (Phi) is 4.25. The van der Waals surface area contributed by atoms with Crippen molar-refractivity contribution >= 4 is 22.7 Å². The number of aryl methyl sites for hydroxylation is 2. The van der Waals surface area contributed by atoms with E-state index in [9.17, 15) is 0 Å². The van der Waals surface area contributed by atoms with Crippen LogP contribution in [0.3, 0.4) is 0 Å². The zero-order valence-corrected chi connectivity index (χ0v) is 12.0. The Morgan fingerprint density at radius 1 is 1.41 bits per heavy atom. The van der Waals surface area contributed by atoms with Crippen molar-refractivity contribution in [3.63, 3.8) is 0 Å². The van der Waals surface area contributed by atoms with Crippen molar-refractivity contribution in [3.8, 4) is 0 Å². The molecule has 1 atom stereocenters. The number of hydrogen-bond acceptors (Lipinski definition) is 5. The highest BCUT2D eigenvalue weighted by Gasteiger charge is 2.12. The van der Waals surface area contributed by atoms with E-state index >= 15 is 0 Å². The molecule has 2 aromatic heterocycles. The van der Waals surface area contributed by atoms with E-state index in [1.54, 1.807) is 22.7 Å². The number of hydrogen-bond donors (Lipinski definition) is 1. The maximum atomic E-state index is 4.46. The Bertz CT molecular complexity index is 462. The SMILES string of the molecule is Cc1nc(C)c(C(C)NCCc2cscn2)s1. The fraction of sp³-hybridized carbons (Fsp3) is 0.500. The molecule has 0 amide bonds. The van der Waals surface area contributed by atoms with Gasteiger partial charge in [-0.05, 0) is 20.8 Å². The van der Waals surface area contributed by atoms with Gasteiger partial charge in [0.25, 0.3) is 0 Å². The van der Waals surface area contributed by atoms with Gasteiger partial charge in [0.1, 0.15) is 0 Å². The normalized spacial score (nSPS) is 12.9. The van der Waals surface area contributed by atoms with Crippen LogP contribution >= 0.6 is 22.7 Å². The molecule has 2 rings (SSSR count). The van der Waals surface area contributed by atoms with Gasteiger partial charge in [0.05, 0.1) is 21.9 Å². The summed E-state index contributed by atoms with van der Waals surface area (Å²) in [6.45, 7) is 7.29. The molecule has 2 heterocycles. The smallest absolute Gasteiger partial charge is 0.0900 e. The Morgan fingerprint density at radius 2 is 2.24 bits per heavy atom. The van der Waals surface area contributed by atoms with Gasteiger partial charge in [0.15, 0.2) is 0 Å². The lowest BCUT2D eigenvalue weighted by Crippen LogP contribution is -2.21. The van der Waals surface area contributed by atoms with Crippen LogP contribution in [0.15, 0.2) is 10.9 Å². The number of rotatable bonds is 5. The average Bonchev–Trinajstić information content (AvgIpc) is 2.88. The molecule has 0 aliphatic rings. The van der Waals surface area contributed by atoms with Gasteiger partial charge in [-0.15, -0.1) is 22.7 Å². The first kappa shape index (κ1) is 12.7. The first-order valence-electron chi connectivity index (χ1n) is 5.71. The zero-order chi connectivity index (χ0) is 12.3. The second-order valence-electron chi connectivity index (χ2n) is 4.09. The van der Waals surface area contributed by atoms with Gasteiger partial charge in [0.2, 0.25) is 0 Å². The lowest BCUT2D eigenvalue weighted by atomic mass is 10.2. The molecular formula is C12H17N3S2. The molecule has 92 valence electrons. The van der Waals surface area contributed by atoms with Gasteiger partial charge in [-0.2, -0.15) is 0 Å². The van der Waals surface area contributed by atoms with Crippen LogP contribution in [0.2, 0.25) is 0 Å². The Hall–Kier alpha value is -0.780. The summed E-state index contributed by atoms with van der Waals surface area (Å²) in [5.41, 5.74) is 4.21. The monoisotopic (exact) mass is 267 g/mol. The molecule has 0 bridgehead atoms. The van der Waals surface area contributed by atoms with Crippen molar-refractivity contribution in [1.82, 2.24) is 15.3 Å². The third-order valence-electron chi connectivity index (χ3n) is 2.65. The van der Waals surface area contributed by atoms with Crippen molar-refractivity contribution in [3.05, 3.63) is 32.2 Å². The summed E-state index contributed by atoms with van der Waals surface area (Å²) < 4.78 is 0. The van der Waals surface area contributed by atoms with Crippen molar-refractivity contribution in [2.45, 2.75) is 33.2 Å². The second kappa shape index (κ2) is 5.71. The molecule has 0 aromatic carbocycles. The third kappa shape index (κ3) is 3.34. The lowest BCUT2D eigenvalue weighted by molar-refractivity contribution is 0.579. The maximum absolute atomic E-state index is 4.46. The first-order valence-corrected chi connectivity index (χ1v) is 7.47. The topological polar surface area (TPSA) is 37.8 Å². The molecule has 1 N–H and O–H groups in total. The summed E-state index contributed by atoms with van der Waals surface area (Å²) in [6.07, 6.45) is 0.991. The van der Waals surface area contributed by atoms with Crippen molar-refractivity contribution < 1.29 is 0 Å². The van der Waals surface area contributed by atoms with E-state index in [0.717, 1.165) is 23.7 Å². The molecule has 17 heavy (non-hydrogen) atoms. The van der Waals surface area contributed by atoms with E-state index in [4.69, 9.17) is 0 Å². The molecule has 0 saturated heterocycles. The Morgan fingerprint density at radius 3 is 2.82 bits per heavy atom. The molecular weight excluding hydrogens is 250 g/mol. The van der Waals surface area contributed by atoms with Crippen LogP contribution in [0, 0.1) is 13.8 Å². The first-order chi connectivity index (χ1) is 8.16. The molecule has 0 aliphatic carbocycles. The highest BCUT2D eigenvalue weighted by Crippen LogP contribution is 2.24. The van der Waals surface area contributed by atoms with Crippen LogP contribution in [0.4, 0.5) is 0 Å². The van der Waals surface area contributed by atoms with E-state index < -0.39 is 0 Å². The van der Waals surface area contributed by atoms with Gasteiger partial charge in [-0.3, -0.25) is 0 Å². The summed E-state index contributed by atoms with van der Waals surface area (Å²) in [5, 5.41) is 6.78. The van der Waals surface area contributed by atoms with Crippen LogP contribution in [-0.2, 0) is 6.42 Å². The van der Waals surface area contributed by atoms with E-state index in [0.29, 0.717) is 6.04 Å². The van der Waals surface area contributed by atoms with Crippen LogP contribution < -0.4 is 5.32 Å². The van der Waals surface area contributed by atoms with Crippen molar-refractivity contribution in [2.24, 2.45) is 0 Å². The second-order valence-corrected chi connectivity index (χ2v) is 6.04. The number of thiazole rings is 2. The lowest BCUT2D eigenvalue weighted by Gasteiger charge is -2.11. The van der Waals surface area contributed by atoms with Gasteiger partial charge < -0.3 is 5.32 Å². The highest BCUT2D eigenvalue weighted by molar-refractivity contribution is 7.11. The largest absolute Gasteiger partial charge is 0.309 e. The summed E-state index contributed by atoms with van der Waals surface area (Å²) in [7, 11) is 0. The molecule has 2 aromatic rings. The van der Waals surface area contributed by atoms with Crippen LogP contribution in [0.1, 0.15) is 34.2 Å². The van der Waals surface area contributed by atoms with E-state index in [1.165, 1.54) is 10.6 Å². The third-order valence-corrected chi connectivity index (χ3v) is 4.54. The maximum Gasteiger partial charge on any atom is 0.0900 e. The summed E-state index contributed by atoms with van der Waals surface area (Å²) in [6, 6.07) is 0.375. The molecule has 5 heteroatoms. The van der Waals surface area contributed by atoms with Crippen LogP contribution in [0.5, 0.6) is 0 Å². The minimum absolute atomic E-state index is 0.375. The van der Waals surface area contributed by atoms with Gasteiger partial charge >= 0.3 is 0 Å². The van der Waals surface area contributed by atoms with Gasteiger partial charge in [0, 0.05) is 29.3 Å². The number of nitrogens with zero attached hydrogens (tertiary/aromatic N) is 2. The fourth-order valence-electron chi connectivity index (χ4n) is 1.82. The van der Waals surface area contributed by atoms with Crippen LogP contribution in [0.25, 0.3) is 0 Å². The molecule has 0 saturated carbocycles. The van der Waals surface area contributed by atoms with Gasteiger partial charge in [-0.25, -0.2) is 9.97 Å². The van der Waals surface area contributed by atoms with Crippen molar-refractivity contribution in [2.75, 3.05) is 6.54 Å². The fourth-order valence-corrected chi connectivity index (χ4v) is 3.37. The van der Waals surface area contributed by atoms with E-state index in [1.807, 2.05) is 5.51 Å². The number of aromatic nitrogens is 2. The average molecular weight is 267 g/mol. The van der Waals surface area contributed by atoms with E-state index in [-0.39, 0.29) is 0 Å². The minimum Gasteiger partial charge on any atom is -0.309 e. The molecule has 0 fully saturated rings. The predicted molar refractivity (Wildman–Crippen MR) is 73.8 cm³/mol. The molecule has 3 nitrogen and oxygen atoms in total. The predicted octanol–water partition coefficient (Wildman–Crippen LogP) is 3.11. The minimum atomic E-state index is 0.375. The Labute approximate surface area is 110 Å². The summed E-state index contributed by atoms with van der Waals surface area (Å²) >= 11 is 3.44. The number of nitrogens with one attached hydrogen (secondary N) is 1. The van der Waals surface area contributed by atoms with Crippen molar-refractivity contribution in [1.29, 1.82) is 0 Å². The summed E-state index contributed by atoms with van der Waals surface area (Å²) in [4.78, 5) is 10.1. The van der Waals surface area contributed by atoms with Gasteiger partial charge in [-0.1, -0.05) is 0 Å². The molecule has 1 unspecified atom stereocenters.